The van der Waals surface area contributed by atoms with Crippen LogP contribution in [0.2, 0.25) is 0 Å². The fourth-order valence-corrected chi connectivity index (χ4v) is 4.46. The van der Waals surface area contributed by atoms with Gasteiger partial charge in [0, 0.05) is 50.4 Å². The van der Waals surface area contributed by atoms with Crippen molar-refractivity contribution in [3.63, 3.8) is 0 Å². The summed E-state index contributed by atoms with van der Waals surface area (Å²) in [5.74, 6) is 0.767. The van der Waals surface area contributed by atoms with Crippen LogP contribution in [0.15, 0.2) is 35.3 Å². The summed E-state index contributed by atoms with van der Waals surface area (Å²) in [4.78, 5) is 26.3. The van der Waals surface area contributed by atoms with E-state index in [0.717, 1.165) is 74.1 Å². The first kappa shape index (κ1) is 24.1. The Morgan fingerprint density at radius 2 is 2.03 bits per heavy atom. The molecule has 0 amide bonds. The first-order chi connectivity index (χ1) is 16.4. The molecule has 0 aliphatic carbocycles. The summed E-state index contributed by atoms with van der Waals surface area (Å²) in [5.41, 5.74) is 8.96. The maximum absolute atomic E-state index is 12.2. The van der Waals surface area contributed by atoms with E-state index in [0.29, 0.717) is 11.3 Å². The average Bonchev–Trinajstić information content (AvgIpc) is 2.84. The second-order valence-electron chi connectivity index (χ2n) is 9.37. The van der Waals surface area contributed by atoms with E-state index in [1.807, 2.05) is 31.3 Å². The number of hydrogen-bond donors (Lipinski definition) is 5. The summed E-state index contributed by atoms with van der Waals surface area (Å²) in [7, 11) is 0. The number of pyridine rings is 1. The molecule has 0 radical (unpaired) electrons. The van der Waals surface area contributed by atoms with Crippen molar-refractivity contribution in [2.24, 2.45) is 0 Å². The zero-order valence-corrected chi connectivity index (χ0v) is 20.0. The molecule has 182 valence electrons. The Kier molecular flexibility index (Phi) is 7.45. The van der Waals surface area contributed by atoms with Crippen LogP contribution >= 0.6 is 0 Å². The maximum atomic E-state index is 12.2. The number of H-pyrrole nitrogens is 1. The molecule has 6 N–H and O–H groups in total. The summed E-state index contributed by atoms with van der Waals surface area (Å²) in [5, 5.41) is 17.6. The Bertz CT molecular complexity index is 1190. The van der Waals surface area contributed by atoms with Crippen molar-refractivity contribution in [1.29, 1.82) is 0 Å². The largest absolute Gasteiger partial charge is 0.394 e. The van der Waals surface area contributed by atoms with Gasteiger partial charge in [0.1, 0.15) is 5.82 Å². The number of rotatable bonds is 9. The van der Waals surface area contributed by atoms with Crippen LogP contribution in [0.25, 0.3) is 22.0 Å². The number of nitrogens with zero attached hydrogens (tertiary/aromatic N) is 3. The number of aliphatic hydroxyl groups excluding tert-OH is 1. The molecule has 1 aromatic carbocycles. The van der Waals surface area contributed by atoms with Crippen molar-refractivity contribution < 1.29 is 5.11 Å². The normalized spacial score (nSPS) is 16.4. The number of aliphatic hydroxyl groups is 1. The van der Waals surface area contributed by atoms with Gasteiger partial charge < -0.3 is 26.5 Å². The molecule has 3 aromatic rings. The first-order valence-electron chi connectivity index (χ1n) is 12.0. The fourth-order valence-electron chi connectivity index (χ4n) is 4.46. The smallest absolute Gasteiger partial charge is 0.248 e. The van der Waals surface area contributed by atoms with E-state index in [1.54, 1.807) is 6.07 Å². The maximum Gasteiger partial charge on any atom is 0.248 e. The minimum Gasteiger partial charge on any atom is -0.394 e. The Balaban J connectivity index is 1.71. The number of unbranched alkanes of at least 4 members (excludes halogenated alkanes) is 1. The molecular formula is C25H35N7O2. The highest BCUT2D eigenvalue weighted by molar-refractivity contribution is 5.93. The molecule has 0 bridgehead atoms. The highest BCUT2D eigenvalue weighted by atomic mass is 16.3. The van der Waals surface area contributed by atoms with Crippen LogP contribution in [0.3, 0.4) is 0 Å². The number of aromatic amines is 1. The Morgan fingerprint density at radius 1 is 1.24 bits per heavy atom. The van der Waals surface area contributed by atoms with E-state index in [1.165, 1.54) is 0 Å². The Hall–Kier alpha value is -3.01. The number of nitrogens with one attached hydrogen (secondary N) is 3. The molecule has 9 nitrogen and oxygen atoms in total. The lowest BCUT2D eigenvalue weighted by Crippen LogP contribution is -2.43. The molecule has 4 rings (SSSR count). The lowest BCUT2D eigenvalue weighted by molar-refractivity contribution is 0.212. The van der Waals surface area contributed by atoms with Crippen molar-refractivity contribution >= 4 is 22.7 Å². The molecular weight excluding hydrogens is 430 g/mol. The number of hydrogen-bond acceptors (Lipinski definition) is 8. The number of aromatic nitrogens is 3. The van der Waals surface area contributed by atoms with E-state index in [4.69, 9.17) is 5.73 Å². The van der Waals surface area contributed by atoms with Gasteiger partial charge in [-0.15, -0.1) is 0 Å². The Morgan fingerprint density at radius 3 is 2.76 bits per heavy atom. The predicted octanol–water partition coefficient (Wildman–Crippen LogP) is 2.33. The molecule has 1 aliphatic heterocycles. The quantitative estimate of drug-likeness (QED) is 0.325. The van der Waals surface area contributed by atoms with Gasteiger partial charge >= 0.3 is 0 Å². The molecule has 2 aromatic heterocycles. The highest BCUT2D eigenvalue weighted by Crippen LogP contribution is 2.31. The lowest BCUT2D eigenvalue weighted by atomic mass is 9.95. The number of nitrogen functional groups attached to an aromatic ring is 1. The second-order valence-corrected chi connectivity index (χ2v) is 9.37. The molecule has 9 heteroatoms. The number of fused-ring (bicyclic) bond motifs is 1. The highest BCUT2D eigenvalue weighted by Gasteiger charge is 2.24. The minimum atomic E-state index is -0.508. The third-order valence-corrected chi connectivity index (χ3v) is 6.49. The molecule has 3 heterocycles. The van der Waals surface area contributed by atoms with Crippen molar-refractivity contribution in [2.45, 2.75) is 45.2 Å². The lowest BCUT2D eigenvalue weighted by Gasteiger charge is -2.30. The Labute approximate surface area is 199 Å². The summed E-state index contributed by atoms with van der Waals surface area (Å²) >= 11 is 0. The standard InChI is InChI=1S/C25H35N7O2/c1-3-4-7-25(2,16-33)31-23-19-6-5-17(12-21(19)29-24(26)30-23)20-13-22(34)28-14-18(20)15-32-10-8-27-9-11-32/h5-6,12-14,27,33H,3-4,7-11,15-16H2,1-2H3,(H,28,34)(H3,26,29,30,31)/t25-/m1/s1. The third-order valence-electron chi connectivity index (χ3n) is 6.49. The zero-order chi connectivity index (χ0) is 24.1. The SMILES string of the molecule is CCCC[C@](C)(CO)Nc1nc(N)nc2cc(-c3cc(=O)[nH]cc3CN3CCNCC3)ccc12. The topological polar surface area (TPSA) is 132 Å². The van der Waals surface area contributed by atoms with Crippen LogP contribution in [0, 0.1) is 0 Å². The van der Waals surface area contributed by atoms with Gasteiger partial charge in [0.2, 0.25) is 11.5 Å². The molecule has 1 atom stereocenters. The molecule has 1 fully saturated rings. The van der Waals surface area contributed by atoms with E-state index < -0.39 is 5.54 Å². The van der Waals surface area contributed by atoms with E-state index in [-0.39, 0.29) is 18.1 Å². The van der Waals surface area contributed by atoms with Gasteiger partial charge in [-0.25, -0.2) is 4.98 Å². The van der Waals surface area contributed by atoms with Crippen molar-refractivity contribution in [1.82, 2.24) is 25.2 Å². The van der Waals surface area contributed by atoms with Gasteiger partial charge in [-0.3, -0.25) is 9.69 Å². The summed E-state index contributed by atoms with van der Waals surface area (Å²) in [6, 6.07) is 7.55. The first-order valence-corrected chi connectivity index (χ1v) is 12.0. The molecule has 0 unspecified atom stereocenters. The zero-order valence-electron chi connectivity index (χ0n) is 20.0. The monoisotopic (exact) mass is 465 g/mol. The van der Waals surface area contributed by atoms with E-state index in [2.05, 4.69) is 37.4 Å². The molecule has 0 spiro atoms. The molecule has 1 aliphatic rings. The van der Waals surface area contributed by atoms with Crippen LogP contribution in [0.5, 0.6) is 0 Å². The summed E-state index contributed by atoms with van der Waals surface area (Å²) in [6.07, 6.45) is 4.65. The summed E-state index contributed by atoms with van der Waals surface area (Å²) < 4.78 is 0. The van der Waals surface area contributed by atoms with Crippen LogP contribution in [-0.2, 0) is 6.54 Å². The molecule has 0 saturated carbocycles. The van der Waals surface area contributed by atoms with Crippen LogP contribution in [-0.4, -0.2) is 63.3 Å². The predicted molar refractivity (Wildman–Crippen MR) is 137 cm³/mol. The average molecular weight is 466 g/mol. The van der Waals surface area contributed by atoms with Gasteiger partial charge in [-0.1, -0.05) is 25.8 Å². The summed E-state index contributed by atoms with van der Waals surface area (Å²) in [6.45, 7) is 8.72. The van der Waals surface area contributed by atoms with Crippen LogP contribution < -0.4 is 21.9 Å². The van der Waals surface area contributed by atoms with Crippen LogP contribution in [0.4, 0.5) is 11.8 Å². The van der Waals surface area contributed by atoms with Crippen molar-refractivity contribution in [3.05, 3.63) is 46.4 Å². The van der Waals surface area contributed by atoms with E-state index in [9.17, 15) is 9.90 Å². The van der Waals surface area contributed by atoms with Gasteiger partial charge in [0.15, 0.2) is 0 Å². The van der Waals surface area contributed by atoms with E-state index >= 15 is 0 Å². The molecule has 34 heavy (non-hydrogen) atoms. The fraction of sp³-hybridized carbons (Fsp3) is 0.480. The van der Waals surface area contributed by atoms with Crippen molar-refractivity contribution in [2.75, 3.05) is 43.8 Å². The molecule has 1 saturated heterocycles. The minimum absolute atomic E-state index is 0.0152. The van der Waals surface area contributed by atoms with Crippen LogP contribution in [0.1, 0.15) is 38.7 Å². The van der Waals surface area contributed by atoms with Gasteiger partial charge in [-0.05, 0) is 42.2 Å². The van der Waals surface area contributed by atoms with Crippen molar-refractivity contribution in [3.8, 4) is 11.1 Å². The van der Waals surface area contributed by atoms with Gasteiger partial charge in [0.25, 0.3) is 0 Å². The number of benzene rings is 1. The number of anilines is 2. The second kappa shape index (κ2) is 10.5. The third kappa shape index (κ3) is 5.55. The number of piperazine rings is 1. The van der Waals surface area contributed by atoms with Gasteiger partial charge in [0.05, 0.1) is 17.7 Å². The van der Waals surface area contributed by atoms with Gasteiger partial charge in [-0.2, -0.15) is 4.98 Å². The number of nitrogens with two attached hydrogens (primary N) is 1.